The summed E-state index contributed by atoms with van der Waals surface area (Å²) in [7, 11) is 3.16. The van der Waals surface area contributed by atoms with Gasteiger partial charge in [0.1, 0.15) is 17.2 Å². The Morgan fingerprint density at radius 2 is 1.67 bits per heavy atom. The second-order valence-electron chi connectivity index (χ2n) is 8.93. The van der Waals surface area contributed by atoms with Crippen molar-refractivity contribution in [2.24, 2.45) is 0 Å². The SMILES string of the molecule is COc1ccc(-c2cc(C(=O)N3CCN(c4ccc([N+](=O)[O-])cc4)CC3)n(-c3cccc(Cl)c3)n2)c(OC)c1. The normalized spacial score (nSPS) is 13.3. The van der Waals surface area contributed by atoms with Crippen molar-refractivity contribution in [2.45, 2.75) is 0 Å². The summed E-state index contributed by atoms with van der Waals surface area (Å²) in [6.45, 7) is 2.15. The van der Waals surface area contributed by atoms with E-state index in [4.69, 9.17) is 26.2 Å². The van der Waals surface area contributed by atoms with Gasteiger partial charge >= 0.3 is 0 Å². The van der Waals surface area contributed by atoms with Crippen molar-refractivity contribution in [3.8, 4) is 28.4 Å². The van der Waals surface area contributed by atoms with Gasteiger partial charge in [0.2, 0.25) is 0 Å². The van der Waals surface area contributed by atoms with Crippen LogP contribution in [0.1, 0.15) is 10.5 Å². The van der Waals surface area contributed by atoms with Crippen LogP contribution in [-0.4, -0.2) is 65.9 Å². The van der Waals surface area contributed by atoms with Crippen molar-refractivity contribution in [1.29, 1.82) is 0 Å². The smallest absolute Gasteiger partial charge is 0.272 e. The number of carbonyl (C=O) groups excluding carboxylic acids is 1. The lowest BCUT2D eigenvalue weighted by atomic mass is 10.1. The molecule has 4 aromatic rings. The van der Waals surface area contributed by atoms with Crippen molar-refractivity contribution < 1.29 is 19.2 Å². The van der Waals surface area contributed by atoms with E-state index in [1.807, 2.05) is 24.3 Å². The van der Waals surface area contributed by atoms with Gasteiger partial charge < -0.3 is 19.3 Å². The summed E-state index contributed by atoms with van der Waals surface area (Å²) in [5, 5.41) is 16.3. The van der Waals surface area contributed by atoms with Gasteiger partial charge in [-0.25, -0.2) is 4.68 Å². The van der Waals surface area contributed by atoms with Crippen LogP contribution in [0.15, 0.2) is 72.8 Å². The average Bonchev–Trinajstić information content (AvgIpc) is 3.42. The number of nitro groups is 1. The molecule has 1 aliphatic rings. The van der Waals surface area contributed by atoms with E-state index in [-0.39, 0.29) is 11.6 Å². The first-order chi connectivity index (χ1) is 18.9. The molecule has 0 N–H and O–H groups in total. The summed E-state index contributed by atoms with van der Waals surface area (Å²) in [6, 6.07) is 20.8. The van der Waals surface area contributed by atoms with Gasteiger partial charge in [-0.05, 0) is 48.5 Å². The maximum atomic E-state index is 13.8. The van der Waals surface area contributed by atoms with Crippen molar-refractivity contribution in [2.75, 3.05) is 45.3 Å². The Morgan fingerprint density at radius 3 is 2.31 bits per heavy atom. The average molecular weight is 548 g/mol. The second-order valence-corrected chi connectivity index (χ2v) is 9.36. The number of halogens is 1. The molecule has 0 atom stereocenters. The van der Waals surface area contributed by atoms with Crippen molar-refractivity contribution >= 4 is 28.9 Å². The van der Waals surface area contributed by atoms with Gasteiger partial charge in [0, 0.05) is 60.7 Å². The lowest BCUT2D eigenvalue weighted by molar-refractivity contribution is -0.384. The monoisotopic (exact) mass is 547 g/mol. The number of nitro benzene ring substituents is 1. The molecule has 1 aliphatic heterocycles. The molecule has 0 radical (unpaired) electrons. The van der Waals surface area contributed by atoms with E-state index < -0.39 is 4.92 Å². The standard InChI is InChI=1S/C28H26ClN5O5/c1-38-23-10-11-24(27(17-23)39-2)25-18-26(33(30-25)22-5-3-4-19(29)16-22)28(35)32-14-12-31(13-15-32)20-6-8-21(9-7-20)34(36)37/h3-11,16-18H,12-15H2,1-2H3. The molecule has 5 rings (SSSR count). The van der Waals surface area contributed by atoms with E-state index in [0.29, 0.717) is 59.8 Å². The van der Waals surface area contributed by atoms with E-state index in [2.05, 4.69) is 4.90 Å². The number of anilines is 1. The van der Waals surface area contributed by atoms with Crippen LogP contribution >= 0.6 is 11.6 Å². The zero-order valence-electron chi connectivity index (χ0n) is 21.4. The van der Waals surface area contributed by atoms with Crippen molar-refractivity contribution in [3.63, 3.8) is 0 Å². The molecule has 1 aromatic heterocycles. The minimum absolute atomic E-state index is 0.0473. The summed E-state index contributed by atoms with van der Waals surface area (Å²) in [6.07, 6.45) is 0. The van der Waals surface area contributed by atoms with Crippen LogP contribution in [0, 0.1) is 10.1 Å². The van der Waals surface area contributed by atoms with Gasteiger partial charge in [-0.1, -0.05) is 17.7 Å². The lowest BCUT2D eigenvalue weighted by Gasteiger charge is -2.36. The molecule has 0 aliphatic carbocycles. The molecule has 0 spiro atoms. The number of rotatable bonds is 7. The number of hydrogen-bond donors (Lipinski definition) is 0. The molecule has 11 heteroatoms. The highest BCUT2D eigenvalue weighted by molar-refractivity contribution is 6.30. The summed E-state index contributed by atoms with van der Waals surface area (Å²) in [4.78, 5) is 28.3. The highest BCUT2D eigenvalue weighted by Crippen LogP contribution is 2.34. The fourth-order valence-electron chi connectivity index (χ4n) is 4.59. The van der Waals surface area contributed by atoms with Crippen LogP contribution in [0.3, 0.4) is 0 Å². The molecule has 39 heavy (non-hydrogen) atoms. The number of ether oxygens (including phenoxy) is 2. The lowest BCUT2D eigenvalue weighted by Crippen LogP contribution is -2.49. The molecule has 0 saturated carbocycles. The van der Waals surface area contributed by atoms with E-state index >= 15 is 0 Å². The molecule has 1 fully saturated rings. The molecule has 1 amide bonds. The molecule has 10 nitrogen and oxygen atoms in total. The van der Waals surface area contributed by atoms with Crippen molar-refractivity contribution in [3.05, 3.63) is 93.6 Å². The Morgan fingerprint density at radius 1 is 0.923 bits per heavy atom. The van der Waals surface area contributed by atoms with E-state index in [1.54, 1.807) is 60.2 Å². The minimum atomic E-state index is -0.417. The largest absolute Gasteiger partial charge is 0.497 e. The number of methoxy groups -OCH3 is 2. The molecular weight excluding hydrogens is 522 g/mol. The third-order valence-electron chi connectivity index (χ3n) is 6.66. The molecule has 1 saturated heterocycles. The Balaban J connectivity index is 1.43. The summed E-state index contributed by atoms with van der Waals surface area (Å²) >= 11 is 6.27. The van der Waals surface area contributed by atoms with E-state index in [1.165, 1.54) is 12.1 Å². The third-order valence-corrected chi connectivity index (χ3v) is 6.89. The maximum Gasteiger partial charge on any atom is 0.272 e. The second kappa shape index (κ2) is 11.0. The van der Waals surface area contributed by atoms with E-state index in [9.17, 15) is 14.9 Å². The summed E-state index contributed by atoms with van der Waals surface area (Å²) in [5.74, 6) is 1.05. The first-order valence-electron chi connectivity index (χ1n) is 12.2. The number of carbonyl (C=O) groups is 1. The number of benzene rings is 3. The molecule has 2 heterocycles. The molecule has 0 bridgehead atoms. The van der Waals surface area contributed by atoms with Crippen molar-refractivity contribution in [1.82, 2.24) is 14.7 Å². The number of aromatic nitrogens is 2. The zero-order chi connectivity index (χ0) is 27.5. The molecule has 3 aromatic carbocycles. The number of hydrogen-bond acceptors (Lipinski definition) is 7. The number of non-ortho nitro benzene ring substituents is 1. The molecular formula is C28H26ClN5O5. The van der Waals surface area contributed by atoms with E-state index in [0.717, 1.165) is 11.3 Å². The number of piperazine rings is 1. The van der Waals surface area contributed by atoms with Gasteiger partial charge in [-0.15, -0.1) is 0 Å². The first kappa shape index (κ1) is 26.1. The Labute approximate surface area is 230 Å². The Bertz CT molecular complexity index is 1510. The fraction of sp³-hybridized carbons (Fsp3) is 0.214. The molecule has 0 unspecified atom stereocenters. The van der Waals surface area contributed by atoms with Gasteiger partial charge in [0.15, 0.2) is 0 Å². The Hall–Kier alpha value is -4.57. The first-order valence-corrected chi connectivity index (χ1v) is 12.6. The third kappa shape index (κ3) is 5.37. The van der Waals surface area contributed by atoms with Gasteiger partial charge in [-0.3, -0.25) is 14.9 Å². The predicted molar refractivity (Wildman–Crippen MR) is 148 cm³/mol. The molecule has 200 valence electrons. The highest BCUT2D eigenvalue weighted by atomic mass is 35.5. The summed E-state index contributed by atoms with van der Waals surface area (Å²) in [5.41, 5.74) is 3.28. The number of nitrogens with zero attached hydrogens (tertiary/aromatic N) is 5. The van der Waals surface area contributed by atoms with Crippen LogP contribution in [0.4, 0.5) is 11.4 Å². The zero-order valence-corrected chi connectivity index (χ0v) is 22.2. The minimum Gasteiger partial charge on any atom is -0.497 e. The summed E-state index contributed by atoms with van der Waals surface area (Å²) < 4.78 is 12.5. The Kier molecular flexibility index (Phi) is 7.38. The number of amides is 1. The van der Waals surface area contributed by atoms with Crippen LogP contribution in [-0.2, 0) is 0 Å². The quantitative estimate of drug-likeness (QED) is 0.235. The topological polar surface area (TPSA) is 103 Å². The highest BCUT2D eigenvalue weighted by Gasteiger charge is 2.27. The fourth-order valence-corrected chi connectivity index (χ4v) is 4.78. The van der Waals surface area contributed by atoms with Crippen LogP contribution in [0.5, 0.6) is 11.5 Å². The van der Waals surface area contributed by atoms with Gasteiger partial charge in [0.05, 0.1) is 30.5 Å². The van der Waals surface area contributed by atoms with Crippen LogP contribution in [0.2, 0.25) is 5.02 Å². The van der Waals surface area contributed by atoms with Crippen LogP contribution in [0.25, 0.3) is 16.9 Å². The maximum absolute atomic E-state index is 13.8. The predicted octanol–water partition coefficient (Wildman–Crippen LogP) is 5.08. The van der Waals surface area contributed by atoms with Gasteiger partial charge in [-0.2, -0.15) is 5.10 Å². The van der Waals surface area contributed by atoms with Crippen LogP contribution < -0.4 is 14.4 Å². The van der Waals surface area contributed by atoms with Gasteiger partial charge in [0.25, 0.3) is 11.6 Å².